The number of nitrogens with zero attached hydrogens (tertiary/aromatic N) is 1. The van der Waals surface area contributed by atoms with Crippen LogP contribution in [0.1, 0.15) is 43.1 Å². The predicted octanol–water partition coefficient (Wildman–Crippen LogP) is 5.45. The van der Waals surface area contributed by atoms with Crippen molar-refractivity contribution >= 4 is 17.8 Å². The highest BCUT2D eigenvalue weighted by atomic mass is 16.7. The fourth-order valence-electron chi connectivity index (χ4n) is 6.88. The third kappa shape index (κ3) is 9.15. The molecule has 3 heterocycles. The molecule has 3 aromatic rings. The summed E-state index contributed by atoms with van der Waals surface area (Å²) in [5, 5.41) is 10.3. The molecule has 2 saturated heterocycles. The van der Waals surface area contributed by atoms with Gasteiger partial charge in [0.2, 0.25) is 5.91 Å². The van der Waals surface area contributed by atoms with E-state index < -0.39 is 66.9 Å². The van der Waals surface area contributed by atoms with E-state index in [0.717, 1.165) is 21.6 Å². The molecule has 0 unspecified atom stereocenters. The van der Waals surface area contributed by atoms with Crippen molar-refractivity contribution in [2.45, 2.75) is 82.4 Å². The second kappa shape index (κ2) is 18.6. The number of ketones is 1. The Hall–Kier alpha value is -4.69. The van der Waals surface area contributed by atoms with Crippen molar-refractivity contribution in [3.05, 3.63) is 132 Å². The zero-order valence-corrected chi connectivity index (χ0v) is 30.6. The summed E-state index contributed by atoms with van der Waals surface area (Å²) in [6.45, 7) is 3.70. The third-order valence-electron chi connectivity index (χ3n) is 9.78. The molecule has 2 amide bonds. The van der Waals surface area contributed by atoms with Gasteiger partial charge in [0, 0.05) is 7.11 Å². The van der Waals surface area contributed by atoms with Crippen LogP contribution in [0.2, 0.25) is 0 Å². The zero-order valence-electron chi connectivity index (χ0n) is 30.6. The molecule has 3 aliphatic heterocycles. The van der Waals surface area contributed by atoms with Crippen LogP contribution in [0.15, 0.2) is 115 Å². The number of aliphatic hydroxyl groups excluding tert-OH is 1. The van der Waals surface area contributed by atoms with Crippen molar-refractivity contribution in [3.63, 3.8) is 0 Å². The molecule has 0 saturated carbocycles. The average molecular weight is 742 g/mol. The summed E-state index contributed by atoms with van der Waals surface area (Å²) in [4.78, 5) is 40.5. The number of allylic oxidation sites excluding steroid dienone is 1. The normalized spacial score (nSPS) is 28.1. The van der Waals surface area contributed by atoms with Gasteiger partial charge in [-0.15, -0.1) is 0 Å². The molecular formula is C42H47NO11. The van der Waals surface area contributed by atoms with Crippen molar-refractivity contribution in [1.82, 2.24) is 4.90 Å². The van der Waals surface area contributed by atoms with E-state index in [-0.39, 0.29) is 32.2 Å². The van der Waals surface area contributed by atoms with E-state index in [1.807, 2.05) is 91.0 Å². The summed E-state index contributed by atoms with van der Waals surface area (Å²) in [7, 11) is 1.50. The predicted molar refractivity (Wildman–Crippen MR) is 195 cm³/mol. The molecular weight excluding hydrogens is 694 g/mol. The Morgan fingerprint density at radius 2 is 1.44 bits per heavy atom. The van der Waals surface area contributed by atoms with Crippen LogP contribution in [0.3, 0.4) is 0 Å². The molecule has 54 heavy (non-hydrogen) atoms. The summed E-state index contributed by atoms with van der Waals surface area (Å²) in [5.74, 6) is -1.53. The summed E-state index contributed by atoms with van der Waals surface area (Å²) in [6.07, 6.45) is -1.21. The number of rotatable bonds is 15. The number of ether oxygens (including phenoxy) is 7. The van der Waals surface area contributed by atoms with Gasteiger partial charge in [-0.2, -0.15) is 0 Å². The number of imide groups is 1. The number of carbonyl (C=O) groups is 3. The lowest BCUT2D eigenvalue weighted by Crippen LogP contribution is -2.61. The minimum Gasteiger partial charge on any atom is -0.482 e. The molecule has 9 atom stereocenters. The molecule has 3 aromatic carbocycles. The van der Waals surface area contributed by atoms with Crippen LogP contribution in [-0.2, 0) is 56.0 Å². The fourth-order valence-corrected chi connectivity index (χ4v) is 6.88. The second-order valence-corrected chi connectivity index (χ2v) is 13.4. The molecule has 12 nitrogen and oxygen atoms in total. The molecule has 12 heteroatoms. The molecule has 6 rings (SSSR count). The highest BCUT2D eigenvalue weighted by molar-refractivity contribution is 6.01. The first-order chi connectivity index (χ1) is 26.3. The number of carbonyl (C=O) groups excluding carboxylic acids is 3. The van der Waals surface area contributed by atoms with Gasteiger partial charge in [-0.1, -0.05) is 91.0 Å². The van der Waals surface area contributed by atoms with Gasteiger partial charge in [0.25, 0.3) is 0 Å². The molecule has 0 aliphatic carbocycles. The second-order valence-electron chi connectivity index (χ2n) is 13.4. The first-order valence-electron chi connectivity index (χ1n) is 18.2. The van der Waals surface area contributed by atoms with E-state index in [1.165, 1.54) is 13.2 Å². The Kier molecular flexibility index (Phi) is 13.4. The lowest BCUT2D eigenvalue weighted by molar-refractivity contribution is -0.319. The first kappa shape index (κ1) is 39.0. The Balaban J connectivity index is 1.11. The van der Waals surface area contributed by atoms with Crippen molar-refractivity contribution in [1.29, 1.82) is 0 Å². The molecule has 0 radical (unpaired) electrons. The van der Waals surface area contributed by atoms with Crippen LogP contribution >= 0.6 is 0 Å². The van der Waals surface area contributed by atoms with E-state index in [2.05, 4.69) is 0 Å². The van der Waals surface area contributed by atoms with Gasteiger partial charge in [0.1, 0.15) is 36.3 Å². The first-order valence-corrected chi connectivity index (χ1v) is 18.2. The van der Waals surface area contributed by atoms with Crippen molar-refractivity contribution in [2.24, 2.45) is 5.92 Å². The summed E-state index contributed by atoms with van der Waals surface area (Å²) in [6, 6.07) is 28.0. The van der Waals surface area contributed by atoms with Crippen molar-refractivity contribution < 1.29 is 52.6 Å². The minimum absolute atomic E-state index is 0.181. The Bertz CT molecular complexity index is 1750. The highest BCUT2D eigenvalue weighted by Crippen LogP contribution is 2.35. The lowest BCUT2D eigenvalue weighted by atomic mass is 9.95. The number of benzene rings is 3. The Morgan fingerprint density at radius 1 is 0.833 bits per heavy atom. The number of amides is 2. The number of methoxy groups -OCH3 is 1. The van der Waals surface area contributed by atoms with E-state index >= 15 is 0 Å². The zero-order chi connectivity index (χ0) is 38.0. The van der Waals surface area contributed by atoms with E-state index in [9.17, 15) is 19.5 Å². The highest BCUT2D eigenvalue weighted by Gasteiger charge is 2.49. The van der Waals surface area contributed by atoms with Crippen LogP contribution in [-0.4, -0.2) is 91.0 Å². The quantitative estimate of drug-likeness (QED) is 0.199. The smallest absolute Gasteiger partial charge is 0.417 e. The molecule has 3 aliphatic rings. The summed E-state index contributed by atoms with van der Waals surface area (Å²) >= 11 is 0. The number of hydrogen-bond acceptors (Lipinski definition) is 11. The standard InChI is InChI=1S/C42H47NO11/c1-27(40(46)43-28(2)36(54-42(43)47)31-18-11-6-12-19-31)35-33(45)22-21-32(52-35)20-13-23-49-39-38(51-26-30-16-9-5-10-17-30)37(34(24-44)53-41(39)48-3)50-25-29-14-7-4-8-15-29/h4-12,14-22,27-28,34-39,41,44H,13,23-26H2,1-3H3/t27-,28-,34-,35-,36-,37-,38+,39+,41+/m1/s1. The lowest BCUT2D eigenvalue weighted by Gasteiger charge is -2.45. The van der Waals surface area contributed by atoms with Crippen LogP contribution < -0.4 is 0 Å². The van der Waals surface area contributed by atoms with Gasteiger partial charge in [-0.3, -0.25) is 9.59 Å². The topological polar surface area (TPSA) is 139 Å². The maximum absolute atomic E-state index is 13.6. The van der Waals surface area contributed by atoms with E-state index in [0.29, 0.717) is 12.2 Å². The Labute approximate surface area is 315 Å². The van der Waals surface area contributed by atoms with Gasteiger partial charge in [0.15, 0.2) is 18.2 Å². The molecule has 2 fully saturated rings. The largest absolute Gasteiger partial charge is 0.482 e. The summed E-state index contributed by atoms with van der Waals surface area (Å²) < 4.78 is 42.6. The molecule has 0 spiro atoms. The van der Waals surface area contributed by atoms with Crippen LogP contribution in [0.5, 0.6) is 0 Å². The summed E-state index contributed by atoms with van der Waals surface area (Å²) in [5.41, 5.74) is 2.68. The average Bonchev–Trinajstić information content (AvgIpc) is 3.51. The van der Waals surface area contributed by atoms with Crippen molar-refractivity contribution in [3.8, 4) is 0 Å². The molecule has 0 bridgehead atoms. The monoisotopic (exact) mass is 741 g/mol. The van der Waals surface area contributed by atoms with E-state index in [4.69, 9.17) is 33.2 Å². The fraction of sp³-hybridized carbons (Fsp3) is 0.405. The SMILES string of the molecule is CO[C@H]1O[C@H](CO)[C@@H](OCc2ccccc2)[C@H](OCc2ccccc2)[C@@H]1OCCC=C1C=CC(=O)[C@@H]([C@@H](C)C(=O)N2C(=O)O[C@@H](c3ccccc3)[C@H]2C)O1. The van der Waals surface area contributed by atoms with Gasteiger partial charge in [0.05, 0.1) is 38.4 Å². The maximum atomic E-state index is 13.6. The molecule has 1 N–H and O–H groups in total. The maximum Gasteiger partial charge on any atom is 0.417 e. The Morgan fingerprint density at radius 3 is 2.06 bits per heavy atom. The van der Waals surface area contributed by atoms with Crippen LogP contribution in [0.25, 0.3) is 0 Å². The van der Waals surface area contributed by atoms with E-state index in [1.54, 1.807) is 26.0 Å². The molecule has 286 valence electrons. The number of cyclic esters (lactones) is 1. The van der Waals surface area contributed by atoms with Gasteiger partial charge in [-0.25, -0.2) is 9.69 Å². The minimum atomic E-state index is -1.14. The van der Waals surface area contributed by atoms with Crippen LogP contribution in [0.4, 0.5) is 4.79 Å². The number of aliphatic hydroxyl groups is 1. The van der Waals surface area contributed by atoms with Gasteiger partial charge >= 0.3 is 6.09 Å². The number of hydrogen-bond donors (Lipinski definition) is 1. The molecule has 0 aromatic heterocycles. The third-order valence-corrected chi connectivity index (χ3v) is 9.78. The van der Waals surface area contributed by atoms with Gasteiger partial charge < -0.3 is 38.3 Å². The van der Waals surface area contributed by atoms with Crippen molar-refractivity contribution in [2.75, 3.05) is 20.3 Å². The van der Waals surface area contributed by atoms with Crippen LogP contribution in [0, 0.1) is 5.92 Å². The van der Waals surface area contributed by atoms with Gasteiger partial charge in [-0.05, 0) is 55.2 Å².